The van der Waals surface area contributed by atoms with E-state index in [2.05, 4.69) is 9.88 Å². The summed E-state index contributed by atoms with van der Waals surface area (Å²) < 4.78 is 23.3. The lowest BCUT2D eigenvalue weighted by Crippen LogP contribution is -2.47. The number of aromatic nitrogens is 1. The summed E-state index contributed by atoms with van der Waals surface area (Å²) in [4.78, 5) is 6.51. The van der Waals surface area contributed by atoms with Crippen molar-refractivity contribution in [3.63, 3.8) is 0 Å². The van der Waals surface area contributed by atoms with E-state index >= 15 is 0 Å². The van der Waals surface area contributed by atoms with Crippen LogP contribution in [-0.4, -0.2) is 43.5 Å². The van der Waals surface area contributed by atoms with E-state index in [1.165, 1.54) is 0 Å². The van der Waals surface area contributed by atoms with Gasteiger partial charge in [0.05, 0.1) is 11.5 Å². The second kappa shape index (κ2) is 5.46. The molecule has 6 heteroatoms. The summed E-state index contributed by atoms with van der Waals surface area (Å²) in [7, 11) is -2.90. The molecule has 1 saturated heterocycles. The molecule has 2 rings (SSSR count). The quantitative estimate of drug-likeness (QED) is 0.879. The molecule has 2 N–H and O–H groups in total. The van der Waals surface area contributed by atoms with E-state index in [-0.39, 0.29) is 23.6 Å². The lowest BCUT2D eigenvalue weighted by Gasteiger charge is -2.35. The summed E-state index contributed by atoms with van der Waals surface area (Å²) in [5.41, 5.74) is 6.95. The molecule has 0 bridgehead atoms. The van der Waals surface area contributed by atoms with Crippen LogP contribution in [0.25, 0.3) is 0 Å². The van der Waals surface area contributed by atoms with Gasteiger partial charge in [0.15, 0.2) is 9.84 Å². The average molecular weight is 283 g/mol. The Kier molecular flexibility index (Phi) is 4.10. The average Bonchev–Trinajstić information content (AvgIpc) is 2.28. The molecule has 2 atom stereocenters. The lowest BCUT2D eigenvalue weighted by molar-refractivity contribution is 0.565. The minimum atomic E-state index is -2.90. The molecule has 19 heavy (non-hydrogen) atoms. The van der Waals surface area contributed by atoms with Gasteiger partial charge >= 0.3 is 0 Å². The fraction of sp³-hybridized carbons (Fsp3) is 0.615. The molecular formula is C13H21N3O2S. The molecule has 1 aliphatic heterocycles. The highest BCUT2D eigenvalue weighted by molar-refractivity contribution is 7.91. The number of anilines is 1. The van der Waals surface area contributed by atoms with E-state index < -0.39 is 9.84 Å². The zero-order valence-electron chi connectivity index (χ0n) is 11.4. The van der Waals surface area contributed by atoms with E-state index in [1.807, 2.05) is 26.0 Å². The van der Waals surface area contributed by atoms with Crippen LogP contribution in [-0.2, 0) is 16.3 Å². The highest BCUT2D eigenvalue weighted by Gasteiger charge is 2.29. The molecule has 0 radical (unpaired) electrons. The van der Waals surface area contributed by atoms with Crippen molar-refractivity contribution in [2.45, 2.75) is 32.4 Å². The second-order valence-corrected chi connectivity index (χ2v) is 7.55. The van der Waals surface area contributed by atoms with Crippen molar-refractivity contribution in [2.24, 2.45) is 5.73 Å². The van der Waals surface area contributed by atoms with E-state index in [0.717, 1.165) is 17.8 Å². The Hall–Kier alpha value is -1.14. The van der Waals surface area contributed by atoms with Crippen LogP contribution in [0, 0.1) is 0 Å². The molecule has 0 aliphatic carbocycles. The Morgan fingerprint density at radius 1 is 1.58 bits per heavy atom. The van der Waals surface area contributed by atoms with Crippen LogP contribution in [0.3, 0.4) is 0 Å². The van der Waals surface area contributed by atoms with Gasteiger partial charge < -0.3 is 10.6 Å². The van der Waals surface area contributed by atoms with Crippen LogP contribution in [0.2, 0.25) is 0 Å². The number of hydrogen-bond acceptors (Lipinski definition) is 5. The first-order valence-corrected chi connectivity index (χ1v) is 8.38. The molecule has 2 heterocycles. The summed E-state index contributed by atoms with van der Waals surface area (Å²) in [5, 5.41) is 0. The Bertz CT molecular complexity index is 543. The number of nitrogens with two attached hydrogens (primary N) is 1. The SMILES string of the molecule is CC(N)Cc1cccnc1N1CCS(=O)(=O)CC1C. The zero-order valence-corrected chi connectivity index (χ0v) is 12.2. The van der Waals surface area contributed by atoms with Gasteiger partial charge in [-0.1, -0.05) is 6.07 Å². The Morgan fingerprint density at radius 3 is 2.95 bits per heavy atom. The Labute approximate surface area is 114 Å². The largest absolute Gasteiger partial charge is 0.352 e. The maximum Gasteiger partial charge on any atom is 0.154 e. The predicted octanol–water partition coefficient (Wildman–Crippen LogP) is 0.595. The van der Waals surface area contributed by atoms with Gasteiger partial charge in [0.2, 0.25) is 0 Å². The molecule has 106 valence electrons. The summed E-state index contributed by atoms with van der Waals surface area (Å²) in [6, 6.07) is 3.93. The van der Waals surface area contributed by atoms with Crippen molar-refractivity contribution in [1.82, 2.24) is 4.98 Å². The predicted molar refractivity (Wildman–Crippen MR) is 77.1 cm³/mol. The second-order valence-electron chi connectivity index (χ2n) is 5.32. The molecule has 1 aliphatic rings. The zero-order chi connectivity index (χ0) is 14.0. The highest BCUT2D eigenvalue weighted by atomic mass is 32.2. The smallest absolute Gasteiger partial charge is 0.154 e. The number of sulfone groups is 1. The number of pyridine rings is 1. The summed E-state index contributed by atoms with van der Waals surface area (Å²) in [6.45, 7) is 4.40. The van der Waals surface area contributed by atoms with E-state index in [0.29, 0.717) is 6.54 Å². The topological polar surface area (TPSA) is 76.3 Å². The van der Waals surface area contributed by atoms with Crippen molar-refractivity contribution < 1.29 is 8.42 Å². The minimum Gasteiger partial charge on any atom is -0.352 e. The van der Waals surface area contributed by atoms with Gasteiger partial charge in [0, 0.05) is 24.8 Å². The first kappa shape index (κ1) is 14.3. The fourth-order valence-electron chi connectivity index (χ4n) is 2.51. The lowest BCUT2D eigenvalue weighted by atomic mass is 10.1. The summed E-state index contributed by atoms with van der Waals surface area (Å²) in [5.74, 6) is 1.27. The van der Waals surface area contributed by atoms with E-state index in [4.69, 9.17) is 5.73 Å². The van der Waals surface area contributed by atoms with E-state index in [9.17, 15) is 8.42 Å². The molecule has 0 aromatic carbocycles. The monoisotopic (exact) mass is 283 g/mol. The van der Waals surface area contributed by atoms with Crippen LogP contribution in [0.1, 0.15) is 19.4 Å². The third kappa shape index (κ3) is 3.45. The number of rotatable bonds is 3. The van der Waals surface area contributed by atoms with Crippen molar-refractivity contribution in [2.75, 3.05) is 23.0 Å². The van der Waals surface area contributed by atoms with Crippen molar-refractivity contribution >= 4 is 15.7 Å². The standard InChI is InChI=1S/C13H21N3O2S/c1-10(14)8-12-4-3-5-15-13(12)16-6-7-19(17,18)9-11(16)2/h3-5,10-11H,6-9,14H2,1-2H3. The first-order valence-electron chi connectivity index (χ1n) is 6.55. The third-order valence-electron chi connectivity index (χ3n) is 3.35. The number of nitrogens with zero attached hydrogens (tertiary/aromatic N) is 2. The summed E-state index contributed by atoms with van der Waals surface area (Å²) >= 11 is 0. The Balaban J connectivity index is 2.27. The van der Waals surface area contributed by atoms with Crippen LogP contribution >= 0.6 is 0 Å². The van der Waals surface area contributed by atoms with Crippen molar-refractivity contribution in [3.8, 4) is 0 Å². The minimum absolute atomic E-state index is 0.0412. The van der Waals surface area contributed by atoms with E-state index in [1.54, 1.807) is 6.20 Å². The van der Waals surface area contributed by atoms with Gasteiger partial charge in [-0.15, -0.1) is 0 Å². The summed E-state index contributed by atoms with van der Waals surface area (Å²) in [6.07, 6.45) is 2.50. The molecular weight excluding hydrogens is 262 g/mol. The van der Waals surface area contributed by atoms with Crippen LogP contribution in [0.4, 0.5) is 5.82 Å². The molecule has 0 amide bonds. The van der Waals surface area contributed by atoms with Crippen LogP contribution in [0.5, 0.6) is 0 Å². The van der Waals surface area contributed by atoms with Crippen molar-refractivity contribution in [3.05, 3.63) is 23.9 Å². The fourth-order valence-corrected chi connectivity index (χ4v) is 4.06. The maximum absolute atomic E-state index is 11.6. The van der Waals surface area contributed by atoms with Crippen molar-refractivity contribution in [1.29, 1.82) is 0 Å². The third-order valence-corrected chi connectivity index (χ3v) is 5.15. The van der Waals surface area contributed by atoms with Crippen LogP contribution < -0.4 is 10.6 Å². The molecule has 1 aromatic rings. The van der Waals surface area contributed by atoms with Crippen LogP contribution in [0.15, 0.2) is 18.3 Å². The molecule has 1 fully saturated rings. The Morgan fingerprint density at radius 2 is 2.32 bits per heavy atom. The van der Waals surface area contributed by atoms with Gasteiger partial charge in [0.25, 0.3) is 0 Å². The first-order chi connectivity index (χ1) is 8.89. The van der Waals surface area contributed by atoms with Gasteiger partial charge in [-0.05, 0) is 31.9 Å². The normalized spacial score (nSPS) is 24.2. The van der Waals surface area contributed by atoms with Gasteiger partial charge in [0.1, 0.15) is 5.82 Å². The highest BCUT2D eigenvalue weighted by Crippen LogP contribution is 2.24. The molecule has 2 unspecified atom stereocenters. The number of hydrogen-bond donors (Lipinski definition) is 1. The van der Waals surface area contributed by atoms with Gasteiger partial charge in [-0.2, -0.15) is 0 Å². The van der Waals surface area contributed by atoms with Gasteiger partial charge in [-0.25, -0.2) is 13.4 Å². The maximum atomic E-state index is 11.6. The molecule has 0 saturated carbocycles. The molecule has 5 nitrogen and oxygen atoms in total. The van der Waals surface area contributed by atoms with Gasteiger partial charge in [-0.3, -0.25) is 0 Å². The molecule has 1 aromatic heterocycles. The molecule has 0 spiro atoms.